The second-order valence-corrected chi connectivity index (χ2v) is 8.08. The molecule has 1 aliphatic heterocycles. The lowest BCUT2D eigenvalue weighted by molar-refractivity contribution is -0.104. The molecule has 0 amide bonds. The van der Waals surface area contributed by atoms with Gasteiger partial charge in [0, 0.05) is 34.2 Å². The number of ketones is 3. The fourth-order valence-electron chi connectivity index (χ4n) is 3.71. The van der Waals surface area contributed by atoms with Crippen LogP contribution in [0.4, 0.5) is 0 Å². The van der Waals surface area contributed by atoms with Gasteiger partial charge in [-0.3, -0.25) is 19.2 Å². The van der Waals surface area contributed by atoms with Crippen molar-refractivity contribution >= 4 is 23.6 Å². The number of ether oxygens (including phenoxy) is 1. The highest BCUT2D eigenvalue weighted by Crippen LogP contribution is 2.37. The normalized spacial score (nSPS) is 11.0. The first-order valence-electron chi connectivity index (χ1n) is 11.0. The molecule has 35 heavy (non-hydrogen) atoms. The van der Waals surface area contributed by atoms with Gasteiger partial charge in [-0.2, -0.15) is 0 Å². The molecule has 0 unspecified atom stereocenters. The van der Waals surface area contributed by atoms with Gasteiger partial charge in [-0.05, 0) is 43.3 Å². The summed E-state index contributed by atoms with van der Waals surface area (Å²) in [4.78, 5) is 47.3. The van der Waals surface area contributed by atoms with Crippen molar-refractivity contribution in [3.05, 3.63) is 130 Å². The van der Waals surface area contributed by atoms with Gasteiger partial charge in [-0.25, -0.2) is 0 Å². The molecule has 1 heterocycles. The van der Waals surface area contributed by atoms with E-state index in [2.05, 4.69) is 19.1 Å². The third-order valence-corrected chi connectivity index (χ3v) is 5.56. The van der Waals surface area contributed by atoms with E-state index in [0.29, 0.717) is 23.5 Å². The molecule has 4 aromatic carbocycles. The van der Waals surface area contributed by atoms with E-state index in [1.165, 1.54) is 11.6 Å². The molecule has 172 valence electrons. The monoisotopic (exact) mass is 462 g/mol. The Bertz CT molecular complexity index is 1410. The maximum absolute atomic E-state index is 12.6. The number of Topliss-reactive ketones (excluding diaryl/α,β-unsaturated/α-hetero) is 3. The average Bonchev–Trinajstić information content (AvgIpc) is 2.91. The Morgan fingerprint density at radius 1 is 0.657 bits per heavy atom. The zero-order chi connectivity index (χ0) is 24.8. The van der Waals surface area contributed by atoms with Gasteiger partial charge in [0.15, 0.2) is 6.29 Å². The van der Waals surface area contributed by atoms with Crippen molar-refractivity contribution < 1.29 is 23.9 Å². The zero-order valence-electron chi connectivity index (χ0n) is 19.1. The van der Waals surface area contributed by atoms with Crippen LogP contribution in [-0.4, -0.2) is 23.6 Å². The third-order valence-electron chi connectivity index (χ3n) is 5.56. The van der Waals surface area contributed by atoms with Crippen molar-refractivity contribution in [3.8, 4) is 11.5 Å². The maximum Gasteiger partial charge on any atom is 0.233 e. The van der Waals surface area contributed by atoms with Crippen LogP contribution < -0.4 is 4.74 Å². The molecule has 0 radical (unpaired) electrons. The van der Waals surface area contributed by atoms with E-state index < -0.39 is 17.3 Å². The summed E-state index contributed by atoms with van der Waals surface area (Å²) in [6.07, 6.45) is 0.691. The van der Waals surface area contributed by atoms with Crippen LogP contribution in [0.5, 0.6) is 11.5 Å². The number of aryl methyl sites for hydroxylation is 1. The van der Waals surface area contributed by atoms with Crippen molar-refractivity contribution in [2.45, 2.75) is 13.3 Å². The average molecular weight is 463 g/mol. The Hall–Kier alpha value is -4.64. The van der Waals surface area contributed by atoms with E-state index in [4.69, 9.17) is 4.74 Å². The fourth-order valence-corrected chi connectivity index (χ4v) is 3.71. The van der Waals surface area contributed by atoms with Crippen LogP contribution in [0.2, 0.25) is 0 Å². The van der Waals surface area contributed by atoms with Crippen molar-refractivity contribution in [2.75, 3.05) is 0 Å². The van der Waals surface area contributed by atoms with Crippen LogP contribution in [0.15, 0.2) is 97.1 Å². The van der Waals surface area contributed by atoms with Crippen LogP contribution in [-0.2, 0) is 11.2 Å². The first-order chi connectivity index (χ1) is 17.0. The lowest BCUT2D eigenvalue weighted by atomic mass is 9.94. The summed E-state index contributed by atoms with van der Waals surface area (Å²) in [6.45, 7) is 2.08. The molecule has 5 heteroatoms. The fraction of sp³-hybridized carbons (Fsp3) is 0.0667. The summed E-state index contributed by atoms with van der Waals surface area (Å²) < 4.78 is 5.83. The van der Waals surface area contributed by atoms with E-state index in [1.54, 1.807) is 60.7 Å². The van der Waals surface area contributed by atoms with Crippen LogP contribution in [0, 0.1) is 6.92 Å². The van der Waals surface area contributed by atoms with Gasteiger partial charge in [0.05, 0.1) is 0 Å². The standard InChI is InChI=1S/C23H14O5.C7H8/c24-13-19(25)15-6-8-20-17(10-15)12-18-11-16(7-9-21(18)28-20)23(27)22(26)14-4-2-1-3-5-14;1-7-5-3-2-4-6-7/h1-11,13H,12H2;2-6H,1H3. The summed E-state index contributed by atoms with van der Waals surface area (Å²) in [5, 5.41) is 0. The molecule has 0 atom stereocenters. The summed E-state index contributed by atoms with van der Waals surface area (Å²) >= 11 is 0. The number of aldehydes is 1. The number of hydrogen-bond acceptors (Lipinski definition) is 5. The van der Waals surface area contributed by atoms with Gasteiger partial charge >= 0.3 is 0 Å². The molecule has 1 aliphatic rings. The predicted molar refractivity (Wildman–Crippen MR) is 132 cm³/mol. The number of carbonyl (C=O) groups is 4. The highest BCUT2D eigenvalue weighted by atomic mass is 16.5. The first kappa shape index (κ1) is 23.5. The second kappa shape index (κ2) is 10.5. The van der Waals surface area contributed by atoms with Gasteiger partial charge in [-0.1, -0.05) is 66.2 Å². The molecule has 0 fully saturated rings. The Morgan fingerprint density at radius 2 is 1.17 bits per heavy atom. The van der Waals surface area contributed by atoms with Gasteiger partial charge in [0.25, 0.3) is 0 Å². The highest BCUT2D eigenvalue weighted by molar-refractivity contribution is 6.49. The van der Waals surface area contributed by atoms with Crippen LogP contribution in [0.1, 0.15) is 47.8 Å². The largest absolute Gasteiger partial charge is 0.457 e. The van der Waals surface area contributed by atoms with Crippen molar-refractivity contribution in [1.29, 1.82) is 0 Å². The van der Waals surface area contributed by atoms with Gasteiger partial charge < -0.3 is 4.74 Å². The van der Waals surface area contributed by atoms with E-state index >= 15 is 0 Å². The lowest BCUT2D eigenvalue weighted by Crippen LogP contribution is -2.15. The Labute approximate surface area is 203 Å². The third kappa shape index (κ3) is 5.47. The molecule has 0 saturated carbocycles. The molecular weight excluding hydrogens is 440 g/mol. The van der Waals surface area contributed by atoms with E-state index in [0.717, 1.165) is 11.1 Å². The van der Waals surface area contributed by atoms with Gasteiger partial charge in [-0.15, -0.1) is 0 Å². The molecule has 0 bridgehead atoms. The predicted octanol–water partition coefficient (Wildman–Crippen LogP) is 5.83. The maximum atomic E-state index is 12.6. The van der Waals surface area contributed by atoms with Crippen molar-refractivity contribution in [1.82, 2.24) is 0 Å². The summed E-state index contributed by atoms with van der Waals surface area (Å²) in [7, 11) is 0. The van der Waals surface area contributed by atoms with Crippen LogP contribution >= 0.6 is 0 Å². The molecule has 5 rings (SSSR count). The van der Waals surface area contributed by atoms with Crippen molar-refractivity contribution in [3.63, 3.8) is 0 Å². The van der Waals surface area contributed by atoms with Crippen LogP contribution in [0.25, 0.3) is 0 Å². The van der Waals surface area contributed by atoms with Crippen LogP contribution in [0.3, 0.4) is 0 Å². The van der Waals surface area contributed by atoms with Crippen molar-refractivity contribution in [2.24, 2.45) is 0 Å². The highest BCUT2D eigenvalue weighted by Gasteiger charge is 2.23. The van der Waals surface area contributed by atoms with E-state index in [1.807, 2.05) is 18.2 Å². The van der Waals surface area contributed by atoms with E-state index in [-0.39, 0.29) is 17.4 Å². The minimum Gasteiger partial charge on any atom is -0.457 e. The molecule has 0 N–H and O–H groups in total. The first-order valence-corrected chi connectivity index (χ1v) is 11.0. The Balaban J connectivity index is 0.000000356. The molecule has 4 aromatic rings. The number of rotatable bonds is 5. The SMILES string of the molecule is Cc1ccccc1.O=CC(=O)c1ccc2c(c1)Cc1cc(C(=O)C(=O)c3ccccc3)ccc1O2. The van der Waals surface area contributed by atoms with E-state index in [9.17, 15) is 19.2 Å². The number of fused-ring (bicyclic) bond motifs is 2. The Morgan fingerprint density at radius 3 is 1.71 bits per heavy atom. The lowest BCUT2D eigenvalue weighted by Gasteiger charge is -2.21. The summed E-state index contributed by atoms with van der Waals surface area (Å²) in [5.74, 6) is -0.590. The molecule has 0 spiro atoms. The number of carbonyl (C=O) groups excluding carboxylic acids is 4. The topological polar surface area (TPSA) is 77.5 Å². The molecule has 0 aliphatic carbocycles. The second-order valence-electron chi connectivity index (χ2n) is 8.08. The molecule has 0 aromatic heterocycles. The van der Waals surface area contributed by atoms with Gasteiger partial charge in [0.1, 0.15) is 11.5 Å². The molecule has 5 nitrogen and oxygen atoms in total. The number of hydrogen-bond donors (Lipinski definition) is 0. The minimum atomic E-state index is -0.606. The molecule has 0 saturated heterocycles. The zero-order valence-corrected chi connectivity index (χ0v) is 19.1. The Kier molecular flexibility index (Phi) is 7.07. The quantitative estimate of drug-likeness (QED) is 0.187. The smallest absolute Gasteiger partial charge is 0.233 e. The summed E-state index contributed by atoms with van der Waals surface area (Å²) in [6, 6.07) is 28.3. The molecular formula is C30H22O5. The summed E-state index contributed by atoms with van der Waals surface area (Å²) in [5.41, 5.74) is 3.69. The minimum absolute atomic E-state index is 0.269. The van der Waals surface area contributed by atoms with Gasteiger partial charge in [0.2, 0.25) is 17.3 Å². The number of benzene rings is 4.